The molecule has 0 saturated heterocycles. The number of hydrogen-bond acceptors (Lipinski definition) is 5. The molecule has 1 N–H and O–H groups in total. The second-order valence-corrected chi connectivity index (χ2v) is 3.96. The van der Waals surface area contributed by atoms with Crippen LogP contribution in [0.2, 0.25) is 0 Å². The summed E-state index contributed by atoms with van der Waals surface area (Å²) in [6.45, 7) is 0. The predicted molar refractivity (Wildman–Crippen MR) is 57.3 cm³/mol. The molecular formula is C10H6FN3O2S. The van der Waals surface area contributed by atoms with Gasteiger partial charge in [-0.3, -0.25) is 0 Å². The van der Waals surface area contributed by atoms with Crippen molar-refractivity contribution in [2.24, 2.45) is 0 Å². The minimum absolute atomic E-state index is 0.129. The van der Waals surface area contributed by atoms with Crippen molar-refractivity contribution < 1.29 is 14.3 Å². The zero-order valence-corrected chi connectivity index (χ0v) is 9.19. The quantitative estimate of drug-likeness (QED) is 0.839. The molecular weight excluding hydrogens is 245 g/mol. The van der Waals surface area contributed by atoms with E-state index >= 15 is 0 Å². The van der Waals surface area contributed by atoms with Gasteiger partial charge in [-0.2, -0.15) is 0 Å². The van der Waals surface area contributed by atoms with Crippen molar-refractivity contribution >= 4 is 17.7 Å². The van der Waals surface area contributed by atoms with Crippen molar-refractivity contribution in [3.63, 3.8) is 0 Å². The third kappa shape index (κ3) is 2.97. The van der Waals surface area contributed by atoms with Gasteiger partial charge in [0.05, 0.1) is 18.0 Å². The first-order valence-electron chi connectivity index (χ1n) is 4.50. The zero-order chi connectivity index (χ0) is 12.3. The first-order chi connectivity index (χ1) is 8.15. The highest BCUT2D eigenvalue weighted by Gasteiger charge is 2.07. The van der Waals surface area contributed by atoms with Crippen LogP contribution in [-0.2, 0) is 0 Å². The molecule has 5 nitrogen and oxygen atoms in total. The number of halogens is 1. The summed E-state index contributed by atoms with van der Waals surface area (Å²) in [6.07, 6.45) is 3.46. The molecule has 0 aromatic carbocycles. The van der Waals surface area contributed by atoms with Gasteiger partial charge in [0.15, 0.2) is 11.0 Å². The SMILES string of the molecule is O=C(O)c1ccnc(Sc2ncc(F)cn2)c1. The molecule has 7 heteroatoms. The molecule has 0 atom stereocenters. The number of aromatic carboxylic acids is 1. The monoisotopic (exact) mass is 251 g/mol. The molecule has 17 heavy (non-hydrogen) atoms. The molecule has 0 radical (unpaired) electrons. The molecule has 0 aliphatic heterocycles. The molecule has 2 heterocycles. The van der Waals surface area contributed by atoms with Gasteiger partial charge in [-0.1, -0.05) is 0 Å². The van der Waals surface area contributed by atoms with Crippen LogP contribution in [0.3, 0.4) is 0 Å². The molecule has 2 aromatic rings. The third-order valence-corrected chi connectivity index (χ3v) is 2.60. The summed E-state index contributed by atoms with van der Waals surface area (Å²) in [4.78, 5) is 22.2. The average Bonchev–Trinajstić information content (AvgIpc) is 2.32. The lowest BCUT2D eigenvalue weighted by Gasteiger charge is -2.00. The summed E-state index contributed by atoms with van der Waals surface area (Å²) in [5.41, 5.74) is 0.129. The Balaban J connectivity index is 2.21. The summed E-state index contributed by atoms with van der Waals surface area (Å²) in [7, 11) is 0. The smallest absolute Gasteiger partial charge is 0.335 e. The number of carboxylic acid groups (broad SMARTS) is 1. The lowest BCUT2D eigenvalue weighted by atomic mass is 10.3. The molecule has 0 aliphatic rings. The highest BCUT2D eigenvalue weighted by Crippen LogP contribution is 2.22. The van der Waals surface area contributed by atoms with Crippen molar-refractivity contribution in [3.8, 4) is 0 Å². The van der Waals surface area contributed by atoms with Crippen molar-refractivity contribution in [1.29, 1.82) is 0 Å². The van der Waals surface area contributed by atoms with Gasteiger partial charge >= 0.3 is 5.97 Å². The Hall–Kier alpha value is -2.02. The van der Waals surface area contributed by atoms with E-state index in [2.05, 4.69) is 15.0 Å². The Morgan fingerprint density at radius 2 is 2.00 bits per heavy atom. The minimum atomic E-state index is -1.03. The van der Waals surface area contributed by atoms with E-state index in [1.54, 1.807) is 0 Å². The van der Waals surface area contributed by atoms with Crippen LogP contribution in [0, 0.1) is 5.82 Å². The topological polar surface area (TPSA) is 76.0 Å². The standard InChI is InChI=1S/C10H6FN3O2S/c11-7-4-13-10(14-5-7)17-8-3-6(9(15)16)1-2-12-8/h1-5H,(H,15,16). The number of rotatable bonds is 3. The maximum absolute atomic E-state index is 12.6. The van der Waals surface area contributed by atoms with E-state index in [1.807, 2.05) is 0 Å². The van der Waals surface area contributed by atoms with Crippen LogP contribution in [0.5, 0.6) is 0 Å². The Bertz CT molecular complexity index is 548. The molecule has 0 saturated carbocycles. The van der Waals surface area contributed by atoms with Gasteiger partial charge in [-0.05, 0) is 23.9 Å². The average molecular weight is 251 g/mol. The number of pyridine rings is 1. The molecule has 0 spiro atoms. The third-order valence-electron chi connectivity index (χ3n) is 1.77. The zero-order valence-electron chi connectivity index (χ0n) is 8.37. The molecule has 0 bridgehead atoms. The van der Waals surface area contributed by atoms with Crippen molar-refractivity contribution in [2.75, 3.05) is 0 Å². The number of carbonyl (C=O) groups is 1. The lowest BCUT2D eigenvalue weighted by molar-refractivity contribution is 0.0696. The number of aromatic nitrogens is 3. The summed E-state index contributed by atoms with van der Waals surface area (Å²) < 4.78 is 12.6. The first kappa shape index (κ1) is 11.5. The summed E-state index contributed by atoms with van der Waals surface area (Å²) in [5.74, 6) is -1.56. The van der Waals surface area contributed by atoms with Gasteiger partial charge in [0.2, 0.25) is 0 Å². The van der Waals surface area contributed by atoms with Crippen LogP contribution in [-0.4, -0.2) is 26.0 Å². The van der Waals surface area contributed by atoms with E-state index in [4.69, 9.17) is 5.11 Å². The predicted octanol–water partition coefficient (Wildman–Crippen LogP) is 1.86. The normalized spacial score (nSPS) is 10.2. The van der Waals surface area contributed by atoms with Crippen LogP contribution < -0.4 is 0 Å². The van der Waals surface area contributed by atoms with Gasteiger partial charge in [0, 0.05) is 6.20 Å². The van der Waals surface area contributed by atoms with E-state index in [1.165, 1.54) is 18.3 Å². The minimum Gasteiger partial charge on any atom is -0.478 e. The Kier molecular flexibility index (Phi) is 3.29. The highest BCUT2D eigenvalue weighted by atomic mass is 32.2. The van der Waals surface area contributed by atoms with E-state index in [0.717, 1.165) is 24.2 Å². The second kappa shape index (κ2) is 4.88. The fourth-order valence-corrected chi connectivity index (χ4v) is 1.74. The molecule has 2 aromatic heterocycles. The summed E-state index contributed by atoms with van der Waals surface area (Å²) >= 11 is 1.06. The van der Waals surface area contributed by atoms with E-state index < -0.39 is 11.8 Å². The maximum atomic E-state index is 12.6. The lowest BCUT2D eigenvalue weighted by Crippen LogP contribution is -1.97. The van der Waals surface area contributed by atoms with Crippen LogP contribution in [0.4, 0.5) is 4.39 Å². The largest absolute Gasteiger partial charge is 0.478 e. The Morgan fingerprint density at radius 3 is 2.65 bits per heavy atom. The molecule has 86 valence electrons. The molecule has 0 aliphatic carbocycles. The van der Waals surface area contributed by atoms with Gasteiger partial charge < -0.3 is 5.11 Å². The fourth-order valence-electron chi connectivity index (χ4n) is 1.04. The Morgan fingerprint density at radius 1 is 1.29 bits per heavy atom. The second-order valence-electron chi connectivity index (χ2n) is 2.97. The fraction of sp³-hybridized carbons (Fsp3) is 0. The van der Waals surface area contributed by atoms with E-state index in [0.29, 0.717) is 10.2 Å². The van der Waals surface area contributed by atoms with Crippen LogP contribution in [0.15, 0.2) is 40.9 Å². The molecule has 2 rings (SSSR count). The van der Waals surface area contributed by atoms with Gasteiger partial charge in [-0.15, -0.1) is 0 Å². The Labute approximate surface area is 99.8 Å². The van der Waals surface area contributed by atoms with Gasteiger partial charge in [-0.25, -0.2) is 24.1 Å². The highest BCUT2D eigenvalue weighted by molar-refractivity contribution is 7.99. The number of carboxylic acids is 1. The van der Waals surface area contributed by atoms with Crippen molar-refractivity contribution in [3.05, 3.63) is 42.1 Å². The van der Waals surface area contributed by atoms with Crippen LogP contribution in [0.25, 0.3) is 0 Å². The van der Waals surface area contributed by atoms with Crippen molar-refractivity contribution in [1.82, 2.24) is 15.0 Å². The van der Waals surface area contributed by atoms with Crippen LogP contribution in [0.1, 0.15) is 10.4 Å². The van der Waals surface area contributed by atoms with Crippen LogP contribution >= 0.6 is 11.8 Å². The van der Waals surface area contributed by atoms with Crippen molar-refractivity contribution in [2.45, 2.75) is 10.2 Å². The summed E-state index contributed by atoms with van der Waals surface area (Å²) in [5, 5.41) is 9.54. The number of nitrogens with zero attached hydrogens (tertiary/aromatic N) is 3. The van der Waals surface area contributed by atoms with E-state index in [9.17, 15) is 9.18 Å². The molecule has 0 fully saturated rings. The summed E-state index contributed by atoms with van der Waals surface area (Å²) in [6, 6.07) is 2.79. The first-order valence-corrected chi connectivity index (χ1v) is 5.31. The maximum Gasteiger partial charge on any atom is 0.335 e. The molecule has 0 amide bonds. The van der Waals surface area contributed by atoms with Gasteiger partial charge in [0.25, 0.3) is 0 Å². The van der Waals surface area contributed by atoms with Gasteiger partial charge in [0.1, 0.15) is 5.03 Å². The molecule has 0 unspecified atom stereocenters. The van der Waals surface area contributed by atoms with E-state index in [-0.39, 0.29) is 5.56 Å². The number of hydrogen-bond donors (Lipinski definition) is 1.